The monoisotopic (exact) mass is 336 g/mol. The molecule has 0 fully saturated rings. The smallest absolute Gasteiger partial charge is 0.182 e. The fourth-order valence-corrected chi connectivity index (χ4v) is 2.21. The Hall–Kier alpha value is -0.890. The number of nitrogens with zero attached hydrogens (tertiary/aromatic N) is 2. The summed E-state index contributed by atoms with van der Waals surface area (Å²) in [5.41, 5.74) is 0.486. The van der Waals surface area contributed by atoms with Gasteiger partial charge in [-0.15, -0.1) is 0 Å². The minimum absolute atomic E-state index is 0.00460. The van der Waals surface area contributed by atoms with E-state index >= 15 is 0 Å². The third-order valence-electron chi connectivity index (χ3n) is 2.24. The second kappa shape index (κ2) is 4.54. The first kappa shape index (κ1) is 11.6. The van der Waals surface area contributed by atoms with Crippen LogP contribution >= 0.6 is 22.6 Å². The average molecular weight is 336 g/mol. The van der Waals surface area contributed by atoms with Crippen molar-refractivity contribution in [2.24, 2.45) is 0 Å². The Morgan fingerprint density at radius 2 is 2.38 bits per heavy atom. The number of fused-ring (bicyclic) bond motifs is 1. The lowest BCUT2D eigenvalue weighted by Gasteiger charge is -2.03. The summed E-state index contributed by atoms with van der Waals surface area (Å²) in [5, 5.41) is 13.8. The molecule has 2 aromatic rings. The van der Waals surface area contributed by atoms with Crippen LogP contribution in [-0.2, 0) is 6.54 Å². The maximum atomic E-state index is 13.5. The number of methoxy groups -OCH3 is 1. The van der Waals surface area contributed by atoms with Crippen molar-refractivity contribution in [2.45, 2.75) is 6.54 Å². The van der Waals surface area contributed by atoms with E-state index in [2.05, 4.69) is 5.10 Å². The summed E-state index contributed by atoms with van der Waals surface area (Å²) in [6.07, 6.45) is 1.77. The van der Waals surface area contributed by atoms with E-state index in [0.717, 1.165) is 8.96 Å². The van der Waals surface area contributed by atoms with Crippen molar-refractivity contribution in [3.05, 3.63) is 21.7 Å². The lowest BCUT2D eigenvalue weighted by Crippen LogP contribution is -2.01. The van der Waals surface area contributed by atoms with Crippen LogP contribution in [0.2, 0.25) is 0 Å². The molecule has 1 aromatic heterocycles. The van der Waals surface area contributed by atoms with Crippen molar-refractivity contribution in [2.75, 3.05) is 13.7 Å². The average Bonchev–Trinajstić information content (AvgIpc) is 2.63. The molecule has 0 unspecified atom stereocenters. The van der Waals surface area contributed by atoms with Crippen LogP contribution in [0.3, 0.4) is 0 Å². The number of benzene rings is 1. The molecule has 0 amide bonds. The SMILES string of the molecule is COc1c(F)cc(I)c2cn(CCO)nc12. The highest BCUT2D eigenvalue weighted by molar-refractivity contribution is 14.1. The molecule has 16 heavy (non-hydrogen) atoms. The van der Waals surface area contributed by atoms with Crippen LogP contribution in [0.25, 0.3) is 10.9 Å². The second-order valence-corrected chi connectivity index (χ2v) is 4.41. The molecule has 0 radical (unpaired) electrons. The predicted molar refractivity (Wildman–Crippen MR) is 66.0 cm³/mol. The molecule has 0 bridgehead atoms. The molecule has 1 aromatic carbocycles. The molecular formula is C10H10FIN2O2. The van der Waals surface area contributed by atoms with Gasteiger partial charge in [-0.1, -0.05) is 0 Å². The lowest BCUT2D eigenvalue weighted by atomic mass is 10.2. The number of halogens is 2. The minimum atomic E-state index is -0.423. The van der Waals surface area contributed by atoms with Crippen LogP contribution < -0.4 is 4.74 Å². The number of aromatic nitrogens is 2. The summed E-state index contributed by atoms with van der Waals surface area (Å²) in [7, 11) is 1.41. The van der Waals surface area contributed by atoms with Crippen LogP contribution in [0.1, 0.15) is 0 Å². The van der Waals surface area contributed by atoms with Crippen molar-refractivity contribution in [1.29, 1.82) is 0 Å². The number of aliphatic hydroxyl groups is 1. The normalized spacial score (nSPS) is 11.0. The van der Waals surface area contributed by atoms with E-state index in [1.807, 2.05) is 22.6 Å². The highest BCUT2D eigenvalue weighted by Crippen LogP contribution is 2.31. The first-order chi connectivity index (χ1) is 7.67. The predicted octanol–water partition coefficient (Wildman–Crippen LogP) is 1.78. The first-order valence-corrected chi connectivity index (χ1v) is 5.75. The van der Waals surface area contributed by atoms with Crippen LogP contribution in [-0.4, -0.2) is 28.6 Å². The van der Waals surface area contributed by atoms with Crippen LogP contribution in [0.5, 0.6) is 5.75 Å². The second-order valence-electron chi connectivity index (χ2n) is 3.25. The van der Waals surface area contributed by atoms with Gasteiger partial charge in [0.05, 0.1) is 20.3 Å². The molecule has 6 heteroatoms. The van der Waals surface area contributed by atoms with Crippen molar-refractivity contribution in [3.63, 3.8) is 0 Å². The summed E-state index contributed by atoms with van der Waals surface area (Å²) < 4.78 is 20.9. The zero-order valence-electron chi connectivity index (χ0n) is 8.57. The molecule has 0 aliphatic carbocycles. The number of aliphatic hydroxyl groups excluding tert-OH is 1. The highest BCUT2D eigenvalue weighted by Gasteiger charge is 2.15. The Kier molecular flexibility index (Phi) is 3.29. The van der Waals surface area contributed by atoms with Crippen LogP contribution in [0.15, 0.2) is 12.3 Å². The Bertz CT molecular complexity index is 527. The van der Waals surface area contributed by atoms with Gasteiger partial charge in [-0.25, -0.2) is 4.39 Å². The number of hydrogen-bond acceptors (Lipinski definition) is 3. The zero-order chi connectivity index (χ0) is 11.7. The van der Waals surface area contributed by atoms with Gasteiger partial charge in [0.1, 0.15) is 5.52 Å². The van der Waals surface area contributed by atoms with E-state index in [9.17, 15) is 4.39 Å². The summed E-state index contributed by atoms with van der Waals surface area (Å²) >= 11 is 2.05. The molecule has 0 spiro atoms. The summed E-state index contributed by atoms with van der Waals surface area (Å²) in [6, 6.07) is 1.41. The fraction of sp³-hybridized carbons (Fsp3) is 0.300. The number of hydrogen-bond donors (Lipinski definition) is 1. The molecule has 0 atom stereocenters. The standard InChI is InChI=1S/C10H10FIN2O2/c1-16-10-7(11)4-8(12)6-5-14(2-3-15)13-9(6)10/h4-5,15H,2-3H2,1H3. The van der Waals surface area contributed by atoms with Crippen molar-refractivity contribution < 1.29 is 14.2 Å². The molecule has 2 rings (SSSR count). The van der Waals surface area contributed by atoms with Gasteiger partial charge in [0.15, 0.2) is 11.6 Å². The van der Waals surface area contributed by atoms with Crippen molar-refractivity contribution >= 4 is 33.5 Å². The zero-order valence-corrected chi connectivity index (χ0v) is 10.7. The molecule has 86 valence electrons. The van der Waals surface area contributed by atoms with Gasteiger partial charge in [0.2, 0.25) is 0 Å². The molecule has 0 aliphatic rings. The summed E-state index contributed by atoms with van der Waals surface area (Å²) in [4.78, 5) is 0. The third kappa shape index (κ3) is 1.86. The molecule has 0 saturated carbocycles. The van der Waals surface area contributed by atoms with Gasteiger partial charge >= 0.3 is 0 Å². The van der Waals surface area contributed by atoms with Crippen molar-refractivity contribution in [3.8, 4) is 5.75 Å². The van der Waals surface area contributed by atoms with Crippen LogP contribution in [0, 0.1) is 9.39 Å². The van der Waals surface area contributed by atoms with Crippen molar-refractivity contribution in [1.82, 2.24) is 9.78 Å². The van der Waals surface area contributed by atoms with Gasteiger partial charge in [-0.05, 0) is 28.7 Å². The highest BCUT2D eigenvalue weighted by atomic mass is 127. The van der Waals surface area contributed by atoms with E-state index in [4.69, 9.17) is 9.84 Å². The van der Waals surface area contributed by atoms with Gasteiger partial charge in [0.25, 0.3) is 0 Å². The third-order valence-corrected chi connectivity index (χ3v) is 3.13. The molecule has 0 aliphatic heterocycles. The van der Waals surface area contributed by atoms with Gasteiger partial charge in [-0.2, -0.15) is 5.10 Å². The Morgan fingerprint density at radius 3 is 3.00 bits per heavy atom. The van der Waals surface area contributed by atoms with Gasteiger partial charge < -0.3 is 9.84 Å². The lowest BCUT2D eigenvalue weighted by molar-refractivity contribution is 0.269. The van der Waals surface area contributed by atoms with E-state index in [0.29, 0.717) is 12.1 Å². The number of ether oxygens (including phenoxy) is 1. The minimum Gasteiger partial charge on any atom is -0.491 e. The number of rotatable bonds is 3. The Morgan fingerprint density at radius 1 is 1.62 bits per heavy atom. The summed E-state index contributed by atoms with van der Waals surface area (Å²) in [5.74, 6) is -0.277. The fourth-order valence-electron chi connectivity index (χ4n) is 1.54. The van der Waals surface area contributed by atoms with E-state index in [1.54, 1.807) is 10.9 Å². The molecule has 1 heterocycles. The topological polar surface area (TPSA) is 47.3 Å². The maximum Gasteiger partial charge on any atom is 0.182 e. The van der Waals surface area contributed by atoms with E-state index < -0.39 is 5.82 Å². The molecule has 0 saturated heterocycles. The molecule has 1 N–H and O–H groups in total. The van der Waals surface area contributed by atoms with Crippen LogP contribution in [0.4, 0.5) is 4.39 Å². The quantitative estimate of drug-likeness (QED) is 0.870. The van der Waals surface area contributed by atoms with Gasteiger partial charge in [0, 0.05) is 15.2 Å². The molecular weight excluding hydrogens is 326 g/mol. The van der Waals surface area contributed by atoms with Gasteiger partial charge in [-0.3, -0.25) is 4.68 Å². The first-order valence-electron chi connectivity index (χ1n) is 4.67. The van der Waals surface area contributed by atoms with E-state index in [1.165, 1.54) is 13.2 Å². The van der Waals surface area contributed by atoms with E-state index in [-0.39, 0.29) is 12.4 Å². The Labute approximate surface area is 105 Å². The molecule has 4 nitrogen and oxygen atoms in total. The largest absolute Gasteiger partial charge is 0.491 e. The Balaban J connectivity index is 2.68. The maximum absolute atomic E-state index is 13.5. The summed E-state index contributed by atoms with van der Waals surface area (Å²) in [6.45, 7) is 0.380.